The molecule has 0 fully saturated rings. The van der Waals surface area contributed by atoms with Gasteiger partial charge in [-0.3, -0.25) is 4.79 Å². The predicted octanol–water partition coefficient (Wildman–Crippen LogP) is 8.84. The smallest absolute Gasteiger partial charge is 0.248 e. The van der Waals surface area contributed by atoms with E-state index in [-0.39, 0.29) is 5.91 Å². The van der Waals surface area contributed by atoms with Gasteiger partial charge >= 0.3 is 0 Å². The maximum absolute atomic E-state index is 12.6. The van der Waals surface area contributed by atoms with Gasteiger partial charge < -0.3 is 9.73 Å². The number of benzene rings is 3. The number of furan rings is 1. The van der Waals surface area contributed by atoms with E-state index in [2.05, 4.69) is 10.3 Å². The summed E-state index contributed by atoms with van der Waals surface area (Å²) in [5, 5.41) is 4.96. The number of halogens is 3. The molecule has 2 aromatic heterocycles. The highest BCUT2D eigenvalue weighted by Gasteiger charge is 2.12. The molecule has 5 aromatic rings. The van der Waals surface area contributed by atoms with Crippen LogP contribution in [0.15, 0.2) is 83.3 Å². The first-order valence-electron chi connectivity index (χ1n) is 10.2. The van der Waals surface area contributed by atoms with Gasteiger partial charge in [-0.1, -0.05) is 59.1 Å². The first-order valence-corrected chi connectivity index (χ1v) is 12.1. The van der Waals surface area contributed by atoms with Gasteiger partial charge in [0.05, 0.1) is 31.0 Å². The summed E-state index contributed by atoms with van der Waals surface area (Å²) in [5.41, 5.74) is 2.98. The van der Waals surface area contributed by atoms with Crippen molar-refractivity contribution in [2.24, 2.45) is 0 Å². The van der Waals surface area contributed by atoms with Crippen molar-refractivity contribution in [3.05, 3.63) is 99.7 Å². The lowest BCUT2D eigenvalue weighted by Gasteiger charge is -2.07. The number of carbonyl (C=O) groups excluding carboxylic acids is 1. The number of hydrogen-bond acceptors (Lipinski definition) is 4. The van der Waals surface area contributed by atoms with Crippen LogP contribution in [-0.4, -0.2) is 10.9 Å². The van der Waals surface area contributed by atoms with Crippen molar-refractivity contribution in [3.8, 4) is 21.9 Å². The molecule has 0 aliphatic rings. The van der Waals surface area contributed by atoms with Crippen LogP contribution in [-0.2, 0) is 4.79 Å². The summed E-state index contributed by atoms with van der Waals surface area (Å²) in [4.78, 5) is 17.2. The van der Waals surface area contributed by atoms with Crippen LogP contribution in [0, 0.1) is 0 Å². The number of nitrogens with zero attached hydrogens (tertiary/aromatic N) is 1. The molecule has 0 atom stereocenters. The molecular weight excluding hydrogens is 511 g/mol. The van der Waals surface area contributed by atoms with Crippen molar-refractivity contribution in [3.63, 3.8) is 0 Å². The number of amides is 1. The normalized spacial score (nSPS) is 11.4. The summed E-state index contributed by atoms with van der Waals surface area (Å²) in [7, 11) is 0. The third kappa shape index (κ3) is 4.74. The van der Waals surface area contributed by atoms with E-state index in [4.69, 9.17) is 39.2 Å². The number of nitrogens with one attached hydrogen (secondary N) is 1. The fourth-order valence-corrected chi connectivity index (χ4v) is 4.88. The second-order valence-electron chi connectivity index (χ2n) is 7.31. The van der Waals surface area contributed by atoms with Crippen molar-refractivity contribution in [2.45, 2.75) is 0 Å². The van der Waals surface area contributed by atoms with Gasteiger partial charge in [0.1, 0.15) is 16.5 Å². The summed E-state index contributed by atoms with van der Waals surface area (Å²) >= 11 is 20.2. The quantitative estimate of drug-likeness (QED) is 0.233. The van der Waals surface area contributed by atoms with Gasteiger partial charge in [0.25, 0.3) is 0 Å². The van der Waals surface area contributed by atoms with E-state index >= 15 is 0 Å². The highest BCUT2D eigenvalue weighted by atomic mass is 35.5. The van der Waals surface area contributed by atoms with Crippen molar-refractivity contribution in [2.75, 3.05) is 5.32 Å². The molecule has 0 bridgehead atoms. The van der Waals surface area contributed by atoms with Crippen LogP contribution in [0.2, 0.25) is 15.1 Å². The zero-order chi connectivity index (χ0) is 23.7. The first-order chi connectivity index (χ1) is 16.5. The second-order valence-corrected chi connectivity index (χ2v) is 9.53. The number of anilines is 1. The largest absolute Gasteiger partial charge is 0.457 e. The van der Waals surface area contributed by atoms with Crippen LogP contribution in [0.3, 0.4) is 0 Å². The Morgan fingerprint density at radius 1 is 0.941 bits per heavy atom. The summed E-state index contributed by atoms with van der Waals surface area (Å²) in [5.74, 6) is 0.705. The van der Waals surface area contributed by atoms with Crippen LogP contribution in [0.1, 0.15) is 5.76 Å². The Labute approximate surface area is 214 Å². The van der Waals surface area contributed by atoms with Crippen molar-refractivity contribution in [1.29, 1.82) is 0 Å². The van der Waals surface area contributed by atoms with E-state index < -0.39 is 0 Å². The minimum Gasteiger partial charge on any atom is -0.457 e. The zero-order valence-electron chi connectivity index (χ0n) is 17.4. The van der Waals surface area contributed by atoms with E-state index in [1.54, 1.807) is 47.7 Å². The monoisotopic (exact) mass is 524 g/mol. The van der Waals surface area contributed by atoms with E-state index in [1.807, 2.05) is 42.5 Å². The SMILES string of the molecule is O=C(C=Cc1ccc(-c2cccc(Cl)c2Cl)o1)Nc1cc(-c2nc3ccccc3s2)ccc1Cl. The number of thiazole rings is 1. The van der Waals surface area contributed by atoms with Gasteiger partial charge in [0.2, 0.25) is 5.91 Å². The lowest BCUT2D eigenvalue weighted by atomic mass is 10.2. The summed E-state index contributed by atoms with van der Waals surface area (Å²) in [6, 6.07) is 22.2. The molecule has 34 heavy (non-hydrogen) atoms. The molecule has 168 valence electrons. The number of hydrogen-bond donors (Lipinski definition) is 1. The van der Waals surface area contributed by atoms with Gasteiger partial charge in [0, 0.05) is 17.2 Å². The Morgan fingerprint density at radius 3 is 2.65 bits per heavy atom. The molecule has 0 saturated carbocycles. The molecular formula is C26H15Cl3N2O2S. The minimum absolute atomic E-state index is 0.345. The van der Waals surface area contributed by atoms with Crippen LogP contribution < -0.4 is 5.32 Å². The molecule has 1 N–H and O–H groups in total. The van der Waals surface area contributed by atoms with Gasteiger partial charge in [-0.15, -0.1) is 11.3 Å². The Kier molecular flexibility index (Phi) is 6.44. The van der Waals surface area contributed by atoms with E-state index in [9.17, 15) is 4.79 Å². The standard InChI is InChI=1S/C26H15Cl3N2O2S/c27-18-11-8-15(26-31-20-6-1-2-7-23(20)34-26)14-21(18)30-24(32)13-10-16-9-12-22(33-16)17-4-3-5-19(28)25(17)29/h1-14H,(H,30,32). The second kappa shape index (κ2) is 9.65. The summed E-state index contributed by atoms with van der Waals surface area (Å²) < 4.78 is 6.89. The molecule has 0 saturated heterocycles. The highest BCUT2D eigenvalue weighted by molar-refractivity contribution is 7.21. The van der Waals surface area contributed by atoms with Crippen molar-refractivity contribution in [1.82, 2.24) is 4.98 Å². The van der Waals surface area contributed by atoms with Gasteiger partial charge in [-0.2, -0.15) is 0 Å². The topological polar surface area (TPSA) is 55.1 Å². The third-order valence-corrected chi connectivity index (χ3v) is 7.24. The Bertz CT molecular complexity index is 1520. The highest BCUT2D eigenvalue weighted by Crippen LogP contribution is 2.35. The van der Waals surface area contributed by atoms with Crippen molar-refractivity contribution < 1.29 is 9.21 Å². The molecule has 0 radical (unpaired) electrons. The third-order valence-electron chi connectivity index (χ3n) is 5.01. The summed E-state index contributed by atoms with van der Waals surface area (Å²) in [6.45, 7) is 0. The molecule has 0 aliphatic carbocycles. The fraction of sp³-hybridized carbons (Fsp3) is 0. The van der Waals surface area contributed by atoms with Crippen molar-refractivity contribution >= 4 is 74.0 Å². The Hall–Kier alpha value is -3.09. The average Bonchev–Trinajstić information content (AvgIpc) is 3.48. The number of aromatic nitrogens is 1. The van der Waals surface area contributed by atoms with Crippen LogP contribution in [0.4, 0.5) is 5.69 Å². The predicted molar refractivity (Wildman–Crippen MR) is 142 cm³/mol. The molecule has 3 aromatic carbocycles. The number of rotatable bonds is 5. The minimum atomic E-state index is -0.345. The molecule has 1 amide bonds. The molecule has 4 nitrogen and oxygen atoms in total. The van der Waals surface area contributed by atoms with Gasteiger partial charge in [-0.05, 0) is 54.6 Å². The van der Waals surface area contributed by atoms with Gasteiger partial charge in [0.15, 0.2) is 0 Å². The molecule has 0 unspecified atom stereocenters. The molecule has 8 heteroatoms. The average molecular weight is 526 g/mol. The van der Waals surface area contributed by atoms with Crippen LogP contribution >= 0.6 is 46.1 Å². The first kappa shape index (κ1) is 22.7. The lowest BCUT2D eigenvalue weighted by molar-refractivity contribution is -0.111. The van der Waals surface area contributed by atoms with Gasteiger partial charge in [-0.25, -0.2) is 4.98 Å². The molecule has 5 rings (SSSR count). The molecule has 2 heterocycles. The zero-order valence-corrected chi connectivity index (χ0v) is 20.5. The van der Waals surface area contributed by atoms with Crippen LogP contribution in [0.25, 0.3) is 38.2 Å². The molecule has 0 aliphatic heterocycles. The summed E-state index contributed by atoms with van der Waals surface area (Å²) in [6.07, 6.45) is 2.95. The van der Waals surface area contributed by atoms with E-state index in [0.717, 1.165) is 20.8 Å². The number of fused-ring (bicyclic) bond motifs is 1. The van der Waals surface area contributed by atoms with Crippen LogP contribution in [0.5, 0.6) is 0 Å². The van der Waals surface area contributed by atoms with E-state index in [0.29, 0.717) is 37.8 Å². The lowest BCUT2D eigenvalue weighted by Crippen LogP contribution is -2.08. The number of carbonyl (C=O) groups is 1. The Balaban J connectivity index is 1.32. The van der Waals surface area contributed by atoms with E-state index in [1.165, 1.54) is 6.08 Å². The molecule has 0 spiro atoms. The maximum atomic E-state index is 12.6. The number of para-hydroxylation sites is 1. The fourth-order valence-electron chi connectivity index (χ4n) is 3.36. The Morgan fingerprint density at radius 2 is 1.79 bits per heavy atom. The maximum Gasteiger partial charge on any atom is 0.248 e.